The quantitative estimate of drug-likeness (QED) is 0.0534. The lowest BCUT2D eigenvalue weighted by Gasteiger charge is -2.50. The van der Waals surface area contributed by atoms with Crippen LogP contribution in [0, 0.1) is 0 Å². The van der Waals surface area contributed by atoms with Crippen molar-refractivity contribution in [1.29, 1.82) is 0 Å². The lowest BCUT2D eigenvalue weighted by Crippen LogP contribution is -2.71. The molecule has 2 atom stereocenters. The summed E-state index contributed by atoms with van der Waals surface area (Å²) in [6, 6.07) is 8.46. The Kier molecular flexibility index (Phi) is 10.1. The maximum atomic E-state index is 13.6. The van der Waals surface area contributed by atoms with E-state index in [1.807, 2.05) is 0 Å². The van der Waals surface area contributed by atoms with Crippen LogP contribution in [-0.4, -0.2) is 80.1 Å². The van der Waals surface area contributed by atoms with E-state index in [0.29, 0.717) is 29.9 Å². The fourth-order valence-corrected chi connectivity index (χ4v) is 8.41. The molecule has 53 heavy (non-hydrogen) atoms. The summed E-state index contributed by atoms with van der Waals surface area (Å²) in [4.78, 5) is 77.9. The summed E-state index contributed by atoms with van der Waals surface area (Å²) < 4.78 is 1.63. The van der Waals surface area contributed by atoms with Gasteiger partial charge in [0.05, 0.1) is 11.7 Å². The van der Waals surface area contributed by atoms with Gasteiger partial charge in [-0.25, -0.2) is 4.98 Å². The number of carboxylic acid groups (broad SMARTS) is 1. The van der Waals surface area contributed by atoms with Gasteiger partial charge in [0.15, 0.2) is 23.2 Å². The molecule has 274 valence electrons. The first-order chi connectivity index (χ1) is 25.5. The number of nitrogens with two attached hydrogens (primary N) is 1. The molecule has 4 aliphatic rings. The van der Waals surface area contributed by atoms with E-state index >= 15 is 0 Å². The largest absolute Gasteiger partial charge is 0.543 e. The molecule has 1 saturated carbocycles. The second-order valence-electron chi connectivity index (χ2n) is 12.8. The summed E-state index contributed by atoms with van der Waals surface area (Å²) in [6.07, 6.45) is 8.64. The van der Waals surface area contributed by atoms with E-state index < -0.39 is 29.2 Å². The Hall–Kier alpha value is -5.75. The number of hydrogen-bond donors (Lipinski definition) is 4. The van der Waals surface area contributed by atoms with Gasteiger partial charge in [-0.2, -0.15) is 4.57 Å². The van der Waals surface area contributed by atoms with Crippen LogP contribution in [0.5, 0.6) is 5.75 Å². The molecular formula is C35H34N8O8S2. The van der Waals surface area contributed by atoms with Gasteiger partial charge in [-0.15, -0.1) is 23.1 Å². The zero-order chi connectivity index (χ0) is 37.2. The van der Waals surface area contributed by atoms with Crippen molar-refractivity contribution in [3.05, 3.63) is 82.8 Å². The Labute approximate surface area is 311 Å². The van der Waals surface area contributed by atoms with Crippen molar-refractivity contribution < 1.29 is 43.6 Å². The van der Waals surface area contributed by atoms with Gasteiger partial charge < -0.3 is 41.1 Å². The number of phenols is 1. The number of amides is 4. The zero-order valence-electron chi connectivity index (χ0n) is 28.1. The molecule has 0 unspecified atom stereocenters. The van der Waals surface area contributed by atoms with Crippen LogP contribution >= 0.6 is 23.1 Å². The molecule has 5 N–H and O–H groups in total. The van der Waals surface area contributed by atoms with E-state index in [4.69, 9.17) is 10.6 Å². The van der Waals surface area contributed by atoms with Gasteiger partial charge in [0.25, 0.3) is 23.6 Å². The first-order valence-electron chi connectivity index (χ1n) is 16.8. The molecule has 2 aromatic heterocycles. The van der Waals surface area contributed by atoms with Crippen LogP contribution in [0.15, 0.2) is 82.2 Å². The highest BCUT2D eigenvalue weighted by molar-refractivity contribution is 8.00. The van der Waals surface area contributed by atoms with E-state index in [9.17, 15) is 34.2 Å². The monoisotopic (exact) mass is 758 g/mol. The van der Waals surface area contributed by atoms with Crippen molar-refractivity contribution in [3.63, 3.8) is 0 Å². The maximum Gasteiger partial charge on any atom is 0.290 e. The minimum atomic E-state index is -1.58. The molecule has 18 heteroatoms. The van der Waals surface area contributed by atoms with E-state index in [0.717, 1.165) is 41.9 Å². The molecule has 16 nitrogen and oxygen atoms in total. The van der Waals surface area contributed by atoms with Gasteiger partial charge in [-0.3, -0.25) is 24.1 Å². The van der Waals surface area contributed by atoms with Crippen LogP contribution in [0.4, 0.5) is 16.5 Å². The number of thiazole rings is 1. The van der Waals surface area contributed by atoms with Crippen LogP contribution in [0.3, 0.4) is 0 Å². The number of nitrogen functional groups attached to an aromatic ring is 1. The third-order valence-corrected chi connectivity index (χ3v) is 11.1. The molecule has 1 aromatic carbocycles. The second-order valence-corrected chi connectivity index (χ2v) is 14.7. The van der Waals surface area contributed by atoms with E-state index in [1.165, 1.54) is 34.9 Å². The van der Waals surface area contributed by atoms with Crippen molar-refractivity contribution in [2.24, 2.45) is 5.16 Å². The fraction of sp³-hybridized carbons (Fsp3) is 0.314. The number of benzene rings is 1. The Morgan fingerprint density at radius 3 is 2.66 bits per heavy atom. The van der Waals surface area contributed by atoms with E-state index in [-0.39, 0.29) is 63.8 Å². The van der Waals surface area contributed by atoms with Gasteiger partial charge in [0.1, 0.15) is 34.7 Å². The summed E-state index contributed by atoms with van der Waals surface area (Å²) in [7, 11) is 0. The smallest absolute Gasteiger partial charge is 0.290 e. The predicted octanol–water partition coefficient (Wildman–Crippen LogP) is 0.788. The SMILES string of the molecule is Nc1nc(/C(=N/OC2CCCC2)C(=O)N[C@@H]2C(=O)N3C(C(=O)[O-])=C(C=C4CCN(c5ccc[n+](CC(=O)Nc6ccc(O)cc6)c5)C4=O)CS[C@H]23)cs1. The average molecular weight is 759 g/mol. The maximum absolute atomic E-state index is 13.6. The van der Waals surface area contributed by atoms with Crippen molar-refractivity contribution in [2.75, 3.05) is 28.2 Å². The van der Waals surface area contributed by atoms with E-state index in [1.54, 1.807) is 46.6 Å². The molecule has 7 rings (SSSR count). The summed E-state index contributed by atoms with van der Waals surface area (Å²) in [5, 5.41) is 32.5. The standard InChI is InChI=1S/C35H34N8O8S2/c36-35-38-25(18-53-35)27(40-51-24-5-1-2-6-24)30(46)39-28-32(48)43-29(34(49)50)20(17-52-33(28)43)14-19-11-13-42(31(19)47)22-4-3-12-41(15-22)16-26(45)37-21-7-9-23(44)10-8-21/h3-4,7-10,12,14-15,18,24,28,33H,1-2,5-6,11,13,16-17H2,(H5-,36,37,38,39,40,44,45,46,49,50)/t28-,33-/m1/s1. The van der Waals surface area contributed by atoms with Crippen LogP contribution in [0.1, 0.15) is 37.8 Å². The number of carboxylic acids is 1. The first kappa shape index (κ1) is 35.6. The number of anilines is 3. The van der Waals surface area contributed by atoms with Crippen LogP contribution < -0.4 is 30.9 Å². The number of hydrogen-bond acceptors (Lipinski definition) is 13. The minimum absolute atomic E-state index is 0.0349. The number of carbonyl (C=O) groups is 5. The summed E-state index contributed by atoms with van der Waals surface area (Å²) in [5.41, 5.74) is 7.15. The Morgan fingerprint density at radius 2 is 1.94 bits per heavy atom. The molecule has 0 radical (unpaired) electrons. The van der Waals surface area contributed by atoms with Gasteiger partial charge in [-0.05, 0) is 74.1 Å². The van der Waals surface area contributed by atoms with Crippen LogP contribution in [-0.2, 0) is 35.4 Å². The van der Waals surface area contributed by atoms with Crippen molar-refractivity contribution in [1.82, 2.24) is 15.2 Å². The van der Waals surface area contributed by atoms with Crippen LogP contribution in [0.2, 0.25) is 0 Å². The molecule has 3 fully saturated rings. The number of allylic oxidation sites excluding steroid dienone is 1. The topological polar surface area (TPSA) is 224 Å². The number of nitrogens with one attached hydrogen (secondary N) is 2. The normalized spacial score (nSPS) is 21.1. The molecule has 3 aromatic rings. The second kappa shape index (κ2) is 15.1. The highest BCUT2D eigenvalue weighted by Gasteiger charge is 2.53. The lowest BCUT2D eigenvalue weighted by molar-refractivity contribution is -0.683. The van der Waals surface area contributed by atoms with Gasteiger partial charge in [-0.1, -0.05) is 5.16 Å². The number of aliphatic carboxylic acids is 1. The summed E-state index contributed by atoms with van der Waals surface area (Å²) in [5.74, 6) is -3.38. The molecule has 1 aliphatic carbocycles. The van der Waals surface area contributed by atoms with E-state index in [2.05, 4.69) is 20.8 Å². The molecule has 0 bridgehead atoms. The first-order valence-corrected chi connectivity index (χ1v) is 18.7. The highest BCUT2D eigenvalue weighted by Crippen LogP contribution is 2.41. The number of fused-ring (bicyclic) bond motifs is 1. The minimum Gasteiger partial charge on any atom is -0.543 e. The Morgan fingerprint density at radius 1 is 1.17 bits per heavy atom. The lowest BCUT2D eigenvalue weighted by atomic mass is 10.0. The third-order valence-electron chi connectivity index (χ3n) is 9.16. The molecule has 4 amide bonds. The number of β-lactam (4-membered cyclic amide) rings is 1. The van der Waals surface area contributed by atoms with Crippen molar-refractivity contribution in [2.45, 2.75) is 56.2 Å². The van der Waals surface area contributed by atoms with Gasteiger partial charge in [0, 0.05) is 35.0 Å². The summed E-state index contributed by atoms with van der Waals surface area (Å²) >= 11 is 2.37. The number of thioether (sulfide) groups is 1. The molecule has 5 heterocycles. The zero-order valence-corrected chi connectivity index (χ0v) is 29.7. The predicted molar refractivity (Wildman–Crippen MR) is 192 cm³/mol. The number of pyridine rings is 1. The Balaban J connectivity index is 1.03. The molecule has 0 spiro atoms. The average Bonchev–Trinajstić information content (AvgIpc) is 3.90. The van der Waals surface area contributed by atoms with Crippen molar-refractivity contribution in [3.8, 4) is 5.75 Å². The van der Waals surface area contributed by atoms with Gasteiger partial charge in [0.2, 0.25) is 6.54 Å². The van der Waals surface area contributed by atoms with Gasteiger partial charge >= 0.3 is 0 Å². The number of oxime groups is 1. The highest BCUT2D eigenvalue weighted by atomic mass is 32.2. The number of nitrogens with zero attached hydrogens (tertiary/aromatic N) is 5. The number of aromatic hydroxyl groups is 1. The number of rotatable bonds is 11. The summed E-state index contributed by atoms with van der Waals surface area (Å²) in [6.45, 7) is 0.278. The number of aromatic nitrogens is 2. The molecule has 3 aliphatic heterocycles. The van der Waals surface area contributed by atoms with Crippen molar-refractivity contribution >= 4 is 74.9 Å². The fourth-order valence-electron chi connectivity index (χ4n) is 6.56. The number of phenolic OH excluding ortho intramolecular Hbond substituents is 1. The van der Waals surface area contributed by atoms with Crippen LogP contribution in [0.25, 0.3) is 0 Å². The Bertz CT molecular complexity index is 2070. The molecular weight excluding hydrogens is 725 g/mol. The molecule has 2 saturated heterocycles. The third kappa shape index (κ3) is 7.59. The number of carbonyl (C=O) groups excluding carboxylic acids is 5.